The van der Waals surface area contributed by atoms with Gasteiger partial charge in [0.05, 0.1) is 5.69 Å². The van der Waals surface area contributed by atoms with E-state index in [0.29, 0.717) is 6.04 Å². The Labute approximate surface area is 177 Å². The van der Waals surface area contributed by atoms with Gasteiger partial charge in [-0.2, -0.15) is 0 Å². The van der Waals surface area contributed by atoms with Gasteiger partial charge >= 0.3 is 0 Å². The van der Waals surface area contributed by atoms with Crippen LogP contribution in [0.2, 0.25) is 0 Å². The maximum Gasteiger partial charge on any atom is 0.123 e. The fourth-order valence-corrected chi connectivity index (χ4v) is 5.22. The Morgan fingerprint density at radius 3 is 2.67 bits per heavy atom. The first-order valence-electron chi connectivity index (χ1n) is 11.1. The van der Waals surface area contributed by atoms with Crippen LogP contribution in [0.15, 0.2) is 61.1 Å². The largest absolute Gasteiger partial charge is 0.360 e. The standard InChI is InChI=1S/C26H28FN3/c1-2-3-18-14-23-15-21(10-13-30(23)17-18)24-16-29-26(20-4-6-22(27)7-5-20)25(24)19-8-11-28-12-9-19/h4-9,11-12,15-16,18,23,29H,2-3,10,13-14,17H2,1H3/t18-,23-/m0/s1. The summed E-state index contributed by atoms with van der Waals surface area (Å²) in [6.07, 6.45) is 13.2. The smallest absolute Gasteiger partial charge is 0.123 e. The molecule has 1 fully saturated rings. The van der Waals surface area contributed by atoms with Crippen LogP contribution in [0.1, 0.15) is 38.2 Å². The molecule has 3 aromatic rings. The van der Waals surface area contributed by atoms with E-state index in [4.69, 9.17) is 0 Å². The number of pyridine rings is 1. The number of fused-ring (bicyclic) bond motifs is 1. The fraction of sp³-hybridized carbons (Fsp3) is 0.346. The molecule has 1 saturated heterocycles. The quantitative estimate of drug-likeness (QED) is 0.555. The number of H-pyrrole nitrogens is 1. The van der Waals surface area contributed by atoms with Crippen molar-refractivity contribution in [3.8, 4) is 22.4 Å². The monoisotopic (exact) mass is 401 g/mol. The highest BCUT2D eigenvalue weighted by Gasteiger charge is 2.33. The molecule has 5 rings (SSSR count). The SMILES string of the molecule is CCC[C@H]1C[C@H]2C=C(c3c[nH]c(-c4ccc(F)cc4)c3-c3ccncc3)CCN2C1. The van der Waals surface area contributed by atoms with E-state index in [0.717, 1.165) is 35.7 Å². The molecule has 0 aliphatic carbocycles. The fourth-order valence-electron chi connectivity index (χ4n) is 5.22. The minimum atomic E-state index is -0.214. The Morgan fingerprint density at radius 1 is 1.10 bits per heavy atom. The van der Waals surface area contributed by atoms with Crippen molar-refractivity contribution in [1.29, 1.82) is 0 Å². The van der Waals surface area contributed by atoms with Crippen molar-refractivity contribution in [2.45, 2.75) is 38.6 Å². The highest BCUT2D eigenvalue weighted by atomic mass is 19.1. The summed E-state index contributed by atoms with van der Waals surface area (Å²) in [5.74, 6) is 0.616. The number of aromatic amines is 1. The molecule has 4 heteroatoms. The summed E-state index contributed by atoms with van der Waals surface area (Å²) in [4.78, 5) is 10.4. The van der Waals surface area contributed by atoms with E-state index in [1.165, 1.54) is 54.6 Å². The van der Waals surface area contributed by atoms with Crippen LogP contribution in [0.3, 0.4) is 0 Å². The Kier molecular flexibility index (Phi) is 5.26. The normalized spacial score (nSPS) is 21.5. The second kappa shape index (κ2) is 8.19. The van der Waals surface area contributed by atoms with Gasteiger partial charge in [0.25, 0.3) is 0 Å². The van der Waals surface area contributed by atoms with Gasteiger partial charge in [-0.15, -0.1) is 0 Å². The number of halogens is 1. The summed E-state index contributed by atoms with van der Waals surface area (Å²) in [6.45, 7) is 4.66. The van der Waals surface area contributed by atoms with E-state index in [1.807, 2.05) is 24.5 Å². The molecular formula is C26H28FN3. The van der Waals surface area contributed by atoms with Crippen molar-refractivity contribution < 1.29 is 4.39 Å². The van der Waals surface area contributed by atoms with E-state index in [2.05, 4.69) is 46.2 Å². The molecule has 2 atom stereocenters. The number of hydrogen-bond donors (Lipinski definition) is 1. The van der Waals surface area contributed by atoms with Crippen LogP contribution in [0.4, 0.5) is 4.39 Å². The highest BCUT2D eigenvalue weighted by Crippen LogP contribution is 2.41. The molecule has 3 nitrogen and oxygen atoms in total. The molecule has 2 aliphatic heterocycles. The molecule has 0 spiro atoms. The molecule has 0 amide bonds. The van der Waals surface area contributed by atoms with Gasteiger partial charge in [0.2, 0.25) is 0 Å². The summed E-state index contributed by atoms with van der Waals surface area (Å²) < 4.78 is 13.5. The van der Waals surface area contributed by atoms with Crippen LogP contribution >= 0.6 is 0 Å². The lowest BCUT2D eigenvalue weighted by Crippen LogP contribution is -2.32. The third-order valence-corrected chi connectivity index (χ3v) is 6.62. The van der Waals surface area contributed by atoms with E-state index < -0.39 is 0 Å². The predicted octanol–water partition coefficient (Wildman–Crippen LogP) is 6.16. The first-order chi connectivity index (χ1) is 14.7. The molecule has 4 heterocycles. The topological polar surface area (TPSA) is 31.9 Å². The van der Waals surface area contributed by atoms with Gasteiger partial charge in [0.15, 0.2) is 0 Å². The van der Waals surface area contributed by atoms with E-state index >= 15 is 0 Å². The van der Waals surface area contributed by atoms with E-state index in [1.54, 1.807) is 0 Å². The molecule has 0 unspecified atom stereocenters. The Morgan fingerprint density at radius 2 is 1.90 bits per heavy atom. The maximum atomic E-state index is 13.5. The van der Waals surface area contributed by atoms with Crippen molar-refractivity contribution in [3.05, 3.63) is 72.4 Å². The third-order valence-electron chi connectivity index (χ3n) is 6.62. The van der Waals surface area contributed by atoms with E-state index in [-0.39, 0.29) is 5.82 Å². The van der Waals surface area contributed by atoms with Crippen LogP contribution in [0, 0.1) is 11.7 Å². The minimum absolute atomic E-state index is 0.214. The number of aromatic nitrogens is 2. The Bertz CT molecular complexity index is 1040. The van der Waals surface area contributed by atoms with Crippen molar-refractivity contribution in [2.75, 3.05) is 13.1 Å². The highest BCUT2D eigenvalue weighted by molar-refractivity contribution is 5.91. The summed E-state index contributed by atoms with van der Waals surface area (Å²) in [6, 6.07) is 11.4. The molecule has 1 aromatic carbocycles. The third kappa shape index (κ3) is 3.61. The lowest BCUT2D eigenvalue weighted by atomic mass is 9.90. The van der Waals surface area contributed by atoms with Gasteiger partial charge in [0, 0.05) is 48.8 Å². The van der Waals surface area contributed by atoms with Gasteiger partial charge in [-0.05, 0) is 78.3 Å². The van der Waals surface area contributed by atoms with Crippen LogP contribution < -0.4 is 0 Å². The number of nitrogens with zero attached hydrogens (tertiary/aromatic N) is 2. The minimum Gasteiger partial charge on any atom is -0.360 e. The van der Waals surface area contributed by atoms with E-state index in [9.17, 15) is 4.39 Å². The number of nitrogens with one attached hydrogen (secondary N) is 1. The Balaban J connectivity index is 1.56. The molecule has 2 aliphatic rings. The zero-order chi connectivity index (χ0) is 20.5. The zero-order valence-corrected chi connectivity index (χ0v) is 17.4. The number of hydrogen-bond acceptors (Lipinski definition) is 2. The molecular weight excluding hydrogens is 373 g/mol. The van der Waals surface area contributed by atoms with Crippen molar-refractivity contribution >= 4 is 5.57 Å². The number of benzene rings is 1. The molecule has 154 valence electrons. The van der Waals surface area contributed by atoms with Gasteiger partial charge in [-0.3, -0.25) is 9.88 Å². The summed E-state index contributed by atoms with van der Waals surface area (Å²) in [5, 5.41) is 0. The zero-order valence-electron chi connectivity index (χ0n) is 17.4. The lowest BCUT2D eigenvalue weighted by molar-refractivity contribution is 0.280. The van der Waals surface area contributed by atoms with Crippen LogP contribution in [-0.4, -0.2) is 34.0 Å². The van der Waals surface area contributed by atoms with Gasteiger partial charge < -0.3 is 4.98 Å². The average Bonchev–Trinajstić information content (AvgIpc) is 3.38. The molecule has 0 radical (unpaired) electrons. The van der Waals surface area contributed by atoms with Crippen LogP contribution in [0.25, 0.3) is 28.0 Å². The summed E-state index contributed by atoms with van der Waals surface area (Å²) >= 11 is 0. The van der Waals surface area contributed by atoms with Gasteiger partial charge in [-0.1, -0.05) is 19.4 Å². The lowest BCUT2D eigenvalue weighted by Gasteiger charge is -2.28. The van der Waals surface area contributed by atoms with Crippen molar-refractivity contribution in [2.24, 2.45) is 5.92 Å². The van der Waals surface area contributed by atoms with Crippen LogP contribution in [0.5, 0.6) is 0 Å². The number of rotatable bonds is 5. The molecule has 0 bridgehead atoms. The second-order valence-corrected chi connectivity index (χ2v) is 8.59. The predicted molar refractivity (Wildman–Crippen MR) is 120 cm³/mol. The van der Waals surface area contributed by atoms with Crippen molar-refractivity contribution in [1.82, 2.24) is 14.9 Å². The maximum absolute atomic E-state index is 13.5. The van der Waals surface area contributed by atoms with Gasteiger partial charge in [-0.25, -0.2) is 4.39 Å². The average molecular weight is 402 g/mol. The summed E-state index contributed by atoms with van der Waals surface area (Å²) in [7, 11) is 0. The molecule has 1 N–H and O–H groups in total. The first-order valence-corrected chi connectivity index (χ1v) is 11.1. The van der Waals surface area contributed by atoms with Crippen molar-refractivity contribution in [3.63, 3.8) is 0 Å². The molecule has 30 heavy (non-hydrogen) atoms. The molecule has 0 saturated carbocycles. The van der Waals surface area contributed by atoms with Gasteiger partial charge in [0.1, 0.15) is 5.82 Å². The summed E-state index contributed by atoms with van der Waals surface area (Å²) in [5.41, 5.74) is 7.04. The first kappa shape index (κ1) is 19.3. The Hall–Kier alpha value is -2.72. The van der Waals surface area contributed by atoms with Crippen LogP contribution in [-0.2, 0) is 0 Å². The molecule has 2 aromatic heterocycles. The second-order valence-electron chi connectivity index (χ2n) is 8.59.